The summed E-state index contributed by atoms with van der Waals surface area (Å²) < 4.78 is 24.6. The highest BCUT2D eigenvalue weighted by molar-refractivity contribution is 9.10. The van der Waals surface area contributed by atoms with Crippen molar-refractivity contribution in [3.8, 4) is 0 Å². The first kappa shape index (κ1) is 14.0. The number of benzene rings is 1. The molecule has 0 aromatic heterocycles. The normalized spacial score (nSPS) is 20.7. The molecule has 19 heavy (non-hydrogen) atoms. The molecule has 0 aliphatic carbocycles. The van der Waals surface area contributed by atoms with Crippen molar-refractivity contribution in [3.63, 3.8) is 0 Å². The Morgan fingerprint density at radius 2 is 2.05 bits per heavy atom. The Hall–Kier alpha value is -1.41. The Balaban J connectivity index is 2.69. The molecule has 0 saturated carbocycles. The molecule has 0 saturated heterocycles. The van der Waals surface area contributed by atoms with Crippen LogP contribution >= 0.6 is 15.9 Å². The molecule has 1 amide bonds. The predicted molar refractivity (Wildman–Crippen MR) is 70.8 cm³/mol. The van der Waals surface area contributed by atoms with E-state index in [-0.39, 0.29) is 16.3 Å². The largest absolute Gasteiger partial charge is 0.474 e. The second kappa shape index (κ2) is 4.61. The molecule has 0 fully saturated rings. The number of amides is 1. The van der Waals surface area contributed by atoms with Crippen LogP contribution in [0.15, 0.2) is 27.6 Å². The van der Waals surface area contributed by atoms with E-state index in [1.54, 1.807) is 0 Å². The van der Waals surface area contributed by atoms with Crippen molar-refractivity contribution in [1.82, 2.24) is 0 Å². The van der Waals surface area contributed by atoms with E-state index >= 15 is 0 Å². The minimum absolute atomic E-state index is 0.0246. The average molecular weight is 348 g/mol. The summed E-state index contributed by atoms with van der Waals surface area (Å²) in [7, 11) is -3.51. The molecule has 1 aromatic carbocycles. The van der Waals surface area contributed by atoms with Gasteiger partial charge in [0.1, 0.15) is 0 Å². The van der Waals surface area contributed by atoms with Crippen molar-refractivity contribution in [2.45, 2.75) is 17.9 Å². The number of anilines is 1. The fraction of sp³-hybridized carbons (Fsp3) is 0.273. The van der Waals surface area contributed by atoms with E-state index in [9.17, 15) is 18.0 Å². The van der Waals surface area contributed by atoms with Crippen LogP contribution in [-0.2, 0) is 19.4 Å². The lowest BCUT2D eigenvalue weighted by Crippen LogP contribution is -2.49. The number of carbonyl (C=O) groups is 2. The number of fused-ring (bicyclic) bond motifs is 1. The molecule has 0 radical (unpaired) electrons. The van der Waals surface area contributed by atoms with E-state index in [0.717, 1.165) is 4.90 Å². The summed E-state index contributed by atoms with van der Waals surface area (Å²) in [6, 6.07) is 3.61. The highest BCUT2D eigenvalue weighted by atomic mass is 79.9. The Bertz CT molecular complexity index is 670. The Morgan fingerprint density at radius 3 is 2.63 bits per heavy atom. The third-order valence-electron chi connectivity index (χ3n) is 2.82. The molecule has 1 unspecified atom stereocenters. The van der Waals surface area contributed by atoms with Crippen LogP contribution in [0.5, 0.6) is 0 Å². The fourth-order valence-electron chi connectivity index (χ4n) is 2.07. The van der Waals surface area contributed by atoms with Gasteiger partial charge in [0.05, 0.1) is 16.3 Å². The second-order valence-corrected chi connectivity index (χ2v) is 7.14. The second-order valence-electron chi connectivity index (χ2n) is 4.22. The van der Waals surface area contributed by atoms with Crippen molar-refractivity contribution in [2.24, 2.45) is 0 Å². The van der Waals surface area contributed by atoms with Gasteiger partial charge in [0.25, 0.3) is 0 Å². The first-order valence-electron chi connectivity index (χ1n) is 5.33. The first-order chi connectivity index (χ1) is 8.74. The molecule has 1 heterocycles. The molecular formula is C11H10BrNO5S. The average Bonchev–Trinajstić information content (AvgIpc) is 2.26. The van der Waals surface area contributed by atoms with Crippen LogP contribution < -0.4 is 4.90 Å². The Morgan fingerprint density at radius 1 is 1.42 bits per heavy atom. The number of carbonyl (C=O) groups excluding carboxylic acids is 1. The summed E-state index contributed by atoms with van der Waals surface area (Å²) in [5.74, 6) is -3.04. The smallest absolute Gasteiger partial charge is 0.394 e. The number of hydrogen-bond acceptors (Lipinski definition) is 4. The third kappa shape index (κ3) is 2.37. The molecule has 6 nitrogen and oxygen atoms in total. The zero-order valence-electron chi connectivity index (χ0n) is 9.83. The highest BCUT2D eigenvalue weighted by Gasteiger charge is 2.38. The molecule has 1 aromatic rings. The maximum Gasteiger partial charge on any atom is 0.394 e. The van der Waals surface area contributed by atoms with Gasteiger partial charge in [-0.25, -0.2) is 13.2 Å². The van der Waals surface area contributed by atoms with Crippen LogP contribution in [0.1, 0.15) is 6.92 Å². The molecule has 0 spiro atoms. The summed E-state index contributed by atoms with van der Waals surface area (Å²) in [5, 5.41) is 8.82. The quantitative estimate of drug-likeness (QED) is 0.708. The lowest BCUT2D eigenvalue weighted by atomic mass is 10.2. The Kier molecular flexibility index (Phi) is 3.40. The van der Waals surface area contributed by atoms with Crippen LogP contribution in [0.2, 0.25) is 0 Å². The van der Waals surface area contributed by atoms with Crippen molar-refractivity contribution < 1.29 is 23.1 Å². The number of rotatable bonds is 0. The lowest BCUT2D eigenvalue weighted by Gasteiger charge is -2.33. The van der Waals surface area contributed by atoms with Gasteiger partial charge in [-0.15, -0.1) is 0 Å². The summed E-state index contributed by atoms with van der Waals surface area (Å²) in [5.41, 5.74) is 0.0977. The zero-order valence-corrected chi connectivity index (χ0v) is 12.2. The summed E-state index contributed by atoms with van der Waals surface area (Å²) in [4.78, 5) is 23.5. The number of halogens is 1. The molecule has 1 aliphatic heterocycles. The molecule has 8 heteroatoms. The summed E-state index contributed by atoms with van der Waals surface area (Å²) >= 11 is 3.18. The molecule has 1 aliphatic rings. The molecule has 102 valence electrons. The van der Waals surface area contributed by atoms with Gasteiger partial charge in [-0.3, -0.25) is 9.69 Å². The maximum absolute atomic E-state index is 12.0. The Labute approximate surface area is 118 Å². The van der Waals surface area contributed by atoms with Crippen LogP contribution in [-0.4, -0.2) is 37.2 Å². The zero-order chi connectivity index (χ0) is 14.4. The monoisotopic (exact) mass is 347 g/mol. The van der Waals surface area contributed by atoms with E-state index in [1.165, 1.54) is 25.1 Å². The van der Waals surface area contributed by atoms with Crippen molar-refractivity contribution in [1.29, 1.82) is 0 Å². The lowest BCUT2D eigenvalue weighted by molar-refractivity contribution is -0.149. The van der Waals surface area contributed by atoms with E-state index < -0.39 is 27.8 Å². The van der Waals surface area contributed by atoms with Crippen LogP contribution in [0.3, 0.4) is 0 Å². The minimum atomic E-state index is -3.51. The fourth-order valence-corrected chi connectivity index (χ4v) is 4.14. The predicted octanol–water partition coefficient (Wildman–Crippen LogP) is 1.04. The van der Waals surface area contributed by atoms with Gasteiger partial charge < -0.3 is 5.11 Å². The number of carboxylic acids is 1. The summed E-state index contributed by atoms with van der Waals surface area (Å²) in [6.45, 7) is 1.50. The third-order valence-corrected chi connectivity index (χ3v) is 5.25. The topological polar surface area (TPSA) is 91.8 Å². The van der Waals surface area contributed by atoms with E-state index in [0.29, 0.717) is 4.47 Å². The van der Waals surface area contributed by atoms with E-state index in [1.807, 2.05) is 0 Å². The van der Waals surface area contributed by atoms with Crippen molar-refractivity contribution >= 4 is 43.3 Å². The van der Waals surface area contributed by atoms with Crippen molar-refractivity contribution in [2.75, 3.05) is 10.7 Å². The number of hydrogen-bond donors (Lipinski definition) is 1. The highest BCUT2D eigenvalue weighted by Crippen LogP contribution is 2.35. The standard InChI is InChI=1S/C11H10BrNO5S/c1-6-5-19(17,18)9-3-2-7(12)4-8(9)13(6)10(14)11(15)16/h2-4,6H,5H2,1H3,(H,15,16). The molecule has 1 N–H and O–H groups in total. The summed E-state index contributed by atoms with van der Waals surface area (Å²) in [6.07, 6.45) is 0. The van der Waals surface area contributed by atoms with E-state index in [4.69, 9.17) is 5.11 Å². The molecule has 0 bridgehead atoms. The van der Waals surface area contributed by atoms with Gasteiger partial charge in [0.15, 0.2) is 9.84 Å². The van der Waals surface area contributed by atoms with Gasteiger partial charge in [-0.05, 0) is 25.1 Å². The maximum atomic E-state index is 12.0. The van der Waals surface area contributed by atoms with Gasteiger partial charge in [-0.2, -0.15) is 0 Å². The molecular weight excluding hydrogens is 338 g/mol. The first-order valence-corrected chi connectivity index (χ1v) is 7.77. The molecule has 2 rings (SSSR count). The SMILES string of the molecule is CC1CS(=O)(=O)c2ccc(Br)cc2N1C(=O)C(=O)O. The minimum Gasteiger partial charge on any atom is -0.474 e. The van der Waals surface area contributed by atoms with Gasteiger partial charge in [0, 0.05) is 10.5 Å². The number of aliphatic carboxylic acids is 1. The number of carboxylic acid groups (broad SMARTS) is 1. The molecule has 1 atom stereocenters. The van der Waals surface area contributed by atoms with E-state index in [2.05, 4.69) is 15.9 Å². The van der Waals surface area contributed by atoms with Crippen LogP contribution in [0, 0.1) is 0 Å². The van der Waals surface area contributed by atoms with Gasteiger partial charge >= 0.3 is 11.9 Å². The number of nitrogens with zero attached hydrogens (tertiary/aromatic N) is 1. The van der Waals surface area contributed by atoms with Crippen LogP contribution in [0.25, 0.3) is 0 Å². The van der Waals surface area contributed by atoms with Crippen molar-refractivity contribution in [3.05, 3.63) is 22.7 Å². The van der Waals surface area contributed by atoms with Gasteiger partial charge in [0.2, 0.25) is 0 Å². The van der Waals surface area contributed by atoms with Gasteiger partial charge in [-0.1, -0.05) is 15.9 Å². The van der Waals surface area contributed by atoms with Crippen LogP contribution in [0.4, 0.5) is 5.69 Å². The number of sulfone groups is 1.